The molecule has 0 bridgehead atoms. The van der Waals surface area contributed by atoms with Gasteiger partial charge < -0.3 is 15.1 Å². The van der Waals surface area contributed by atoms with Crippen molar-refractivity contribution in [1.29, 1.82) is 0 Å². The Bertz CT molecular complexity index is 767. The van der Waals surface area contributed by atoms with Gasteiger partial charge in [-0.25, -0.2) is 12.7 Å². The Morgan fingerprint density at radius 1 is 1.15 bits per heavy atom. The molecule has 1 aliphatic rings. The third kappa shape index (κ3) is 5.43. The summed E-state index contributed by atoms with van der Waals surface area (Å²) in [5.74, 6) is 1.14. The number of benzene rings is 1. The summed E-state index contributed by atoms with van der Waals surface area (Å²) < 4.78 is 26.0. The van der Waals surface area contributed by atoms with Crippen LogP contribution in [0.25, 0.3) is 0 Å². The number of rotatable bonds is 6. The summed E-state index contributed by atoms with van der Waals surface area (Å²) in [4.78, 5) is 16.0. The van der Waals surface area contributed by atoms with Crippen molar-refractivity contribution in [2.45, 2.75) is 25.2 Å². The van der Waals surface area contributed by atoms with Crippen molar-refractivity contribution in [3.05, 3.63) is 18.2 Å². The molecule has 0 saturated carbocycles. The van der Waals surface area contributed by atoms with Gasteiger partial charge in [0.1, 0.15) is 0 Å². The van der Waals surface area contributed by atoms with Crippen LogP contribution < -0.4 is 15.1 Å². The third-order valence-electron chi connectivity index (χ3n) is 4.99. The first kappa shape index (κ1) is 21.7. The van der Waals surface area contributed by atoms with Gasteiger partial charge in [0.2, 0.25) is 10.0 Å². The van der Waals surface area contributed by atoms with Crippen LogP contribution in [0.4, 0.5) is 11.4 Å². The second kappa shape index (κ2) is 8.58. The zero-order valence-corrected chi connectivity index (χ0v) is 18.1. The third-order valence-corrected chi connectivity index (χ3v) is 6.80. The van der Waals surface area contributed by atoms with Crippen molar-refractivity contribution < 1.29 is 18.1 Å². The van der Waals surface area contributed by atoms with Gasteiger partial charge in [-0.1, -0.05) is 13.8 Å². The molecule has 0 spiro atoms. The first-order valence-electron chi connectivity index (χ1n) is 9.38. The molecule has 1 aliphatic heterocycles. The van der Waals surface area contributed by atoms with E-state index in [2.05, 4.69) is 19.2 Å². The fourth-order valence-electron chi connectivity index (χ4n) is 3.86. The van der Waals surface area contributed by atoms with Crippen LogP contribution in [0.1, 0.15) is 20.3 Å². The molecule has 1 saturated heterocycles. The first-order valence-corrected chi connectivity index (χ1v) is 10.8. The lowest BCUT2D eigenvalue weighted by atomic mass is 9.92. The van der Waals surface area contributed by atoms with E-state index in [0.29, 0.717) is 24.1 Å². The Morgan fingerprint density at radius 3 is 2.26 bits per heavy atom. The minimum Gasteiger partial charge on any atom is -0.376 e. The number of nitrogens with one attached hydrogen (secondary N) is 2. The normalized spacial score (nSPS) is 23.3. The maximum absolute atomic E-state index is 12.7. The number of amides is 1. The Balaban J connectivity index is 2.21. The van der Waals surface area contributed by atoms with Gasteiger partial charge in [0.05, 0.1) is 29.4 Å². The van der Waals surface area contributed by atoms with Crippen LogP contribution in [0.5, 0.6) is 0 Å². The van der Waals surface area contributed by atoms with E-state index in [4.69, 9.17) is 0 Å². The van der Waals surface area contributed by atoms with E-state index in [0.717, 1.165) is 18.8 Å². The SMILES string of the molecule is C[C@@H]1C[C@H](C)C[NH+](CC(=O)Nc2cc(S(=O)(=O)N(C)C)ccc2N(C)C)C1. The van der Waals surface area contributed by atoms with Crippen LogP contribution in [0.3, 0.4) is 0 Å². The van der Waals surface area contributed by atoms with Gasteiger partial charge >= 0.3 is 0 Å². The topological polar surface area (TPSA) is 74.2 Å². The van der Waals surface area contributed by atoms with E-state index in [-0.39, 0.29) is 10.8 Å². The lowest BCUT2D eigenvalue weighted by Gasteiger charge is -2.31. The largest absolute Gasteiger partial charge is 0.376 e. The molecule has 8 heteroatoms. The molecular weight excluding hydrogens is 364 g/mol. The highest BCUT2D eigenvalue weighted by Gasteiger charge is 2.27. The lowest BCUT2D eigenvalue weighted by molar-refractivity contribution is -0.904. The second-order valence-electron chi connectivity index (χ2n) is 8.19. The molecule has 1 aromatic rings. The average Bonchev–Trinajstić information content (AvgIpc) is 2.53. The van der Waals surface area contributed by atoms with Crippen LogP contribution in [0.2, 0.25) is 0 Å². The number of likely N-dealkylation sites (tertiary alicyclic amines) is 1. The molecule has 7 nitrogen and oxygen atoms in total. The van der Waals surface area contributed by atoms with Crippen molar-refractivity contribution >= 4 is 27.3 Å². The highest BCUT2D eigenvalue weighted by atomic mass is 32.2. The van der Waals surface area contributed by atoms with E-state index in [1.54, 1.807) is 18.2 Å². The molecule has 27 heavy (non-hydrogen) atoms. The van der Waals surface area contributed by atoms with Crippen molar-refractivity contribution in [3.8, 4) is 0 Å². The molecule has 1 amide bonds. The maximum atomic E-state index is 12.7. The Morgan fingerprint density at radius 2 is 1.74 bits per heavy atom. The molecule has 1 heterocycles. The molecule has 1 fully saturated rings. The van der Waals surface area contributed by atoms with Crippen LogP contribution >= 0.6 is 0 Å². The predicted molar refractivity (Wildman–Crippen MR) is 109 cm³/mol. The second-order valence-corrected chi connectivity index (χ2v) is 10.3. The maximum Gasteiger partial charge on any atom is 0.279 e. The zero-order chi connectivity index (χ0) is 20.4. The molecule has 2 rings (SSSR count). The minimum absolute atomic E-state index is 0.0891. The summed E-state index contributed by atoms with van der Waals surface area (Å²) in [7, 11) is 3.16. The van der Waals surface area contributed by atoms with Crippen molar-refractivity contribution in [1.82, 2.24) is 4.31 Å². The van der Waals surface area contributed by atoms with Gasteiger partial charge in [0, 0.05) is 40.0 Å². The summed E-state index contributed by atoms with van der Waals surface area (Å²) in [6, 6.07) is 4.84. The van der Waals surface area contributed by atoms with Crippen LogP contribution in [0, 0.1) is 11.8 Å². The predicted octanol–water partition coefficient (Wildman–Crippen LogP) is 0.502. The first-order chi connectivity index (χ1) is 12.5. The summed E-state index contributed by atoms with van der Waals surface area (Å²) in [6.45, 7) is 6.84. The zero-order valence-electron chi connectivity index (χ0n) is 17.2. The number of anilines is 2. The number of carbonyl (C=O) groups excluding carboxylic acids is 1. The van der Waals surface area contributed by atoms with Crippen LogP contribution in [-0.4, -0.2) is 66.5 Å². The van der Waals surface area contributed by atoms with E-state index in [1.165, 1.54) is 29.7 Å². The lowest BCUT2D eigenvalue weighted by Crippen LogP contribution is -3.15. The molecular formula is C19H33N4O3S+. The number of hydrogen-bond acceptors (Lipinski definition) is 4. The summed E-state index contributed by atoms with van der Waals surface area (Å²) in [5.41, 5.74) is 1.29. The van der Waals surface area contributed by atoms with Gasteiger partial charge in [-0.3, -0.25) is 4.79 Å². The van der Waals surface area contributed by atoms with Gasteiger partial charge in [-0.15, -0.1) is 0 Å². The molecule has 2 N–H and O–H groups in total. The van der Waals surface area contributed by atoms with Crippen molar-refractivity contribution in [2.75, 3.05) is 58.0 Å². The minimum atomic E-state index is -3.56. The van der Waals surface area contributed by atoms with E-state index in [1.807, 2.05) is 19.0 Å². The highest BCUT2D eigenvalue weighted by Crippen LogP contribution is 2.28. The number of carbonyl (C=O) groups is 1. The monoisotopic (exact) mass is 397 g/mol. The summed E-state index contributed by atoms with van der Waals surface area (Å²) in [6.07, 6.45) is 1.21. The number of quaternary nitrogens is 1. The Kier molecular flexibility index (Phi) is 6.88. The van der Waals surface area contributed by atoms with Crippen LogP contribution in [-0.2, 0) is 14.8 Å². The van der Waals surface area contributed by atoms with Gasteiger partial charge in [0.15, 0.2) is 6.54 Å². The fraction of sp³-hybridized carbons (Fsp3) is 0.632. The Hall–Kier alpha value is -1.64. The average molecular weight is 398 g/mol. The molecule has 0 aliphatic carbocycles. The molecule has 152 valence electrons. The Labute approximate surface area is 163 Å². The fourth-order valence-corrected chi connectivity index (χ4v) is 4.79. The van der Waals surface area contributed by atoms with E-state index < -0.39 is 10.0 Å². The van der Waals surface area contributed by atoms with E-state index in [9.17, 15) is 13.2 Å². The smallest absolute Gasteiger partial charge is 0.279 e. The van der Waals surface area contributed by atoms with Gasteiger partial charge in [-0.05, 0) is 24.6 Å². The quantitative estimate of drug-likeness (QED) is 0.733. The number of nitrogens with zero attached hydrogens (tertiary/aromatic N) is 2. The number of piperidine rings is 1. The van der Waals surface area contributed by atoms with Crippen LogP contribution in [0.15, 0.2) is 23.1 Å². The molecule has 1 unspecified atom stereocenters. The highest BCUT2D eigenvalue weighted by molar-refractivity contribution is 7.89. The molecule has 0 aromatic heterocycles. The summed E-state index contributed by atoms with van der Waals surface area (Å²) in [5, 5.41) is 2.94. The number of hydrogen-bond donors (Lipinski definition) is 2. The molecule has 3 atom stereocenters. The standard InChI is InChI=1S/C19H32N4O3S/c1-14-9-15(2)12-23(11-14)13-19(24)20-17-10-16(27(25,26)22(5)6)7-8-18(17)21(3)4/h7-8,10,14-15H,9,11-13H2,1-6H3,(H,20,24)/p+1/t14-,15+. The van der Waals surface area contributed by atoms with E-state index >= 15 is 0 Å². The number of sulfonamides is 1. The molecule has 0 radical (unpaired) electrons. The summed E-state index contributed by atoms with van der Waals surface area (Å²) >= 11 is 0. The van der Waals surface area contributed by atoms with Gasteiger partial charge in [0.25, 0.3) is 5.91 Å². The van der Waals surface area contributed by atoms with Crippen molar-refractivity contribution in [2.24, 2.45) is 11.8 Å². The molecule has 1 aromatic carbocycles. The van der Waals surface area contributed by atoms with Crippen molar-refractivity contribution in [3.63, 3.8) is 0 Å². The van der Waals surface area contributed by atoms with Gasteiger partial charge in [-0.2, -0.15) is 0 Å².